The van der Waals surface area contributed by atoms with Crippen LogP contribution >= 0.6 is 11.3 Å². The molecule has 4 rings (SSSR count). The van der Waals surface area contributed by atoms with Crippen LogP contribution in [0.25, 0.3) is 0 Å². The molecule has 3 atom stereocenters. The quantitative estimate of drug-likeness (QED) is 0.836. The standard InChI is InChI=1S/C22H26N2O3S/c1-15-6-8-17(9-7-15)24-20(25)12-18(21(24)19-5-3-11-28-19)22(26)23-13-16-4-2-10-27-14-16/h3,5-9,11,16,18,21H,2,4,10,12-14H2,1H3,(H,23,26)/t16-,18+,21-/m1/s1. The first-order chi connectivity index (χ1) is 13.6. The van der Waals surface area contributed by atoms with Crippen molar-refractivity contribution in [3.8, 4) is 0 Å². The van der Waals surface area contributed by atoms with E-state index in [1.807, 2.05) is 48.7 Å². The lowest BCUT2D eigenvalue weighted by Gasteiger charge is -2.28. The number of carbonyl (C=O) groups excluding carboxylic acids is 2. The Hall–Kier alpha value is -2.18. The van der Waals surface area contributed by atoms with E-state index in [0.29, 0.717) is 19.1 Å². The Morgan fingerprint density at radius 1 is 1.29 bits per heavy atom. The van der Waals surface area contributed by atoms with Gasteiger partial charge in [-0.15, -0.1) is 11.3 Å². The summed E-state index contributed by atoms with van der Waals surface area (Å²) < 4.78 is 5.51. The van der Waals surface area contributed by atoms with Gasteiger partial charge in [0.15, 0.2) is 0 Å². The molecule has 2 aliphatic rings. The smallest absolute Gasteiger partial charge is 0.228 e. The molecule has 2 aromatic rings. The van der Waals surface area contributed by atoms with Gasteiger partial charge in [0.1, 0.15) is 0 Å². The summed E-state index contributed by atoms with van der Waals surface area (Å²) in [6.07, 6.45) is 2.36. The summed E-state index contributed by atoms with van der Waals surface area (Å²) >= 11 is 1.60. The van der Waals surface area contributed by atoms with E-state index >= 15 is 0 Å². The first kappa shape index (κ1) is 19.2. The highest BCUT2D eigenvalue weighted by atomic mass is 32.1. The van der Waals surface area contributed by atoms with Crippen LogP contribution in [-0.2, 0) is 14.3 Å². The maximum Gasteiger partial charge on any atom is 0.228 e. The van der Waals surface area contributed by atoms with Crippen molar-refractivity contribution >= 4 is 28.8 Å². The number of hydrogen-bond donors (Lipinski definition) is 1. The molecule has 1 N–H and O–H groups in total. The molecular formula is C22H26N2O3S. The number of anilines is 1. The second-order valence-electron chi connectivity index (χ2n) is 7.70. The van der Waals surface area contributed by atoms with Crippen LogP contribution in [0.2, 0.25) is 0 Å². The molecule has 6 heteroatoms. The highest BCUT2D eigenvalue weighted by Crippen LogP contribution is 2.43. The van der Waals surface area contributed by atoms with Gasteiger partial charge in [-0.3, -0.25) is 9.59 Å². The van der Waals surface area contributed by atoms with Gasteiger partial charge in [-0.1, -0.05) is 23.8 Å². The molecule has 0 bridgehead atoms. The maximum atomic E-state index is 13.0. The van der Waals surface area contributed by atoms with Crippen LogP contribution in [0.4, 0.5) is 5.69 Å². The van der Waals surface area contributed by atoms with Crippen molar-refractivity contribution in [2.45, 2.75) is 32.2 Å². The summed E-state index contributed by atoms with van der Waals surface area (Å²) in [4.78, 5) is 28.8. The fourth-order valence-electron chi connectivity index (χ4n) is 4.11. The largest absolute Gasteiger partial charge is 0.381 e. The third-order valence-corrected chi connectivity index (χ3v) is 6.57. The number of carbonyl (C=O) groups is 2. The number of thiophene rings is 1. The number of rotatable bonds is 5. The van der Waals surface area contributed by atoms with Crippen LogP contribution in [-0.4, -0.2) is 31.6 Å². The van der Waals surface area contributed by atoms with Gasteiger partial charge in [0.05, 0.1) is 18.6 Å². The van der Waals surface area contributed by atoms with E-state index in [1.165, 1.54) is 0 Å². The van der Waals surface area contributed by atoms with Gasteiger partial charge in [-0.2, -0.15) is 0 Å². The van der Waals surface area contributed by atoms with Gasteiger partial charge in [-0.05, 0) is 49.3 Å². The molecule has 3 heterocycles. The maximum absolute atomic E-state index is 13.0. The van der Waals surface area contributed by atoms with E-state index in [-0.39, 0.29) is 30.2 Å². The molecule has 0 unspecified atom stereocenters. The number of hydrogen-bond acceptors (Lipinski definition) is 4. The highest BCUT2D eigenvalue weighted by Gasteiger charge is 2.45. The SMILES string of the molecule is Cc1ccc(N2C(=O)C[C@H](C(=O)NC[C@H]3CCCOC3)[C@@H]2c2cccs2)cc1. The van der Waals surface area contributed by atoms with E-state index in [4.69, 9.17) is 4.74 Å². The van der Waals surface area contributed by atoms with Gasteiger partial charge in [-0.25, -0.2) is 0 Å². The molecular weight excluding hydrogens is 372 g/mol. The lowest BCUT2D eigenvalue weighted by molar-refractivity contribution is -0.127. The first-order valence-corrected chi connectivity index (χ1v) is 10.8. The zero-order valence-corrected chi connectivity index (χ0v) is 16.9. The zero-order chi connectivity index (χ0) is 19.5. The molecule has 0 radical (unpaired) electrons. The van der Waals surface area contributed by atoms with Crippen molar-refractivity contribution in [2.24, 2.45) is 11.8 Å². The molecule has 1 aromatic carbocycles. The third kappa shape index (κ3) is 3.98. The van der Waals surface area contributed by atoms with Crippen LogP contribution in [0.3, 0.4) is 0 Å². The van der Waals surface area contributed by atoms with Gasteiger partial charge in [0.2, 0.25) is 11.8 Å². The normalized spacial score (nSPS) is 25.1. The van der Waals surface area contributed by atoms with Crippen molar-refractivity contribution in [3.05, 3.63) is 52.2 Å². The number of ether oxygens (including phenoxy) is 1. The molecule has 148 valence electrons. The first-order valence-electron chi connectivity index (χ1n) is 9.91. The van der Waals surface area contributed by atoms with E-state index in [9.17, 15) is 9.59 Å². The Balaban J connectivity index is 1.55. The predicted molar refractivity (Wildman–Crippen MR) is 110 cm³/mol. The van der Waals surface area contributed by atoms with Crippen molar-refractivity contribution in [2.75, 3.05) is 24.7 Å². The Bertz CT molecular complexity index is 813. The Morgan fingerprint density at radius 3 is 2.79 bits per heavy atom. The molecule has 2 amide bonds. The number of benzene rings is 1. The van der Waals surface area contributed by atoms with Crippen LogP contribution in [0.5, 0.6) is 0 Å². The number of amides is 2. The lowest BCUT2D eigenvalue weighted by Crippen LogP contribution is -2.39. The van der Waals surface area contributed by atoms with E-state index in [2.05, 4.69) is 5.32 Å². The van der Waals surface area contributed by atoms with Crippen molar-refractivity contribution in [1.82, 2.24) is 5.32 Å². The minimum atomic E-state index is -0.378. The third-order valence-electron chi connectivity index (χ3n) is 5.63. The van der Waals surface area contributed by atoms with Crippen LogP contribution in [0, 0.1) is 18.8 Å². The summed E-state index contributed by atoms with van der Waals surface area (Å²) in [5.41, 5.74) is 2.00. The van der Waals surface area contributed by atoms with Crippen LogP contribution in [0.1, 0.15) is 35.7 Å². The van der Waals surface area contributed by atoms with E-state index < -0.39 is 0 Å². The van der Waals surface area contributed by atoms with Crippen molar-refractivity contribution in [3.63, 3.8) is 0 Å². The second-order valence-corrected chi connectivity index (χ2v) is 8.68. The van der Waals surface area contributed by atoms with E-state index in [1.54, 1.807) is 16.2 Å². The Morgan fingerprint density at radius 2 is 2.11 bits per heavy atom. The second kappa shape index (κ2) is 8.45. The lowest BCUT2D eigenvalue weighted by atomic mass is 9.96. The number of nitrogens with zero attached hydrogens (tertiary/aromatic N) is 1. The highest BCUT2D eigenvalue weighted by molar-refractivity contribution is 7.10. The number of aryl methyl sites for hydroxylation is 1. The number of nitrogens with one attached hydrogen (secondary N) is 1. The minimum absolute atomic E-state index is 0.00315. The average molecular weight is 399 g/mol. The summed E-state index contributed by atoms with van der Waals surface area (Å²) in [6, 6.07) is 11.7. The average Bonchev–Trinajstić information content (AvgIpc) is 3.35. The summed E-state index contributed by atoms with van der Waals surface area (Å²) in [5.74, 6) is -0.0458. The van der Waals surface area contributed by atoms with Gasteiger partial charge in [0.25, 0.3) is 0 Å². The summed E-state index contributed by atoms with van der Waals surface area (Å²) in [5, 5.41) is 5.09. The topological polar surface area (TPSA) is 58.6 Å². The molecule has 2 saturated heterocycles. The minimum Gasteiger partial charge on any atom is -0.381 e. The molecule has 2 aliphatic heterocycles. The zero-order valence-electron chi connectivity index (χ0n) is 16.1. The van der Waals surface area contributed by atoms with Gasteiger partial charge < -0.3 is 15.0 Å². The van der Waals surface area contributed by atoms with Gasteiger partial charge in [0, 0.05) is 30.1 Å². The molecule has 5 nitrogen and oxygen atoms in total. The monoisotopic (exact) mass is 398 g/mol. The molecule has 28 heavy (non-hydrogen) atoms. The predicted octanol–water partition coefficient (Wildman–Crippen LogP) is 3.69. The molecule has 1 aromatic heterocycles. The van der Waals surface area contributed by atoms with Crippen LogP contribution < -0.4 is 10.2 Å². The summed E-state index contributed by atoms with van der Waals surface area (Å²) in [7, 11) is 0. The fraction of sp³-hybridized carbons (Fsp3) is 0.455. The van der Waals surface area contributed by atoms with E-state index in [0.717, 1.165) is 35.6 Å². The Kier molecular flexibility index (Phi) is 5.78. The van der Waals surface area contributed by atoms with Crippen molar-refractivity contribution < 1.29 is 14.3 Å². The summed E-state index contributed by atoms with van der Waals surface area (Å²) in [6.45, 7) is 4.16. The molecule has 2 fully saturated rings. The molecule has 0 spiro atoms. The Labute approximate surface area is 169 Å². The van der Waals surface area contributed by atoms with Gasteiger partial charge >= 0.3 is 0 Å². The van der Waals surface area contributed by atoms with Crippen molar-refractivity contribution in [1.29, 1.82) is 0 Å². The molecule has 0 saturated carbocycles. The fourth-order valence-corrected chi connectivity index (χ4v) is 4.99. The molecule has 0 aliphatic carbocycles. The van der Waals surface area contributed by atoms with Crippen LogP contribution in [0.15, 0.2) is 41.8 Å².